The van der Waals surface area contributed by atoms with Gasteiger partial charge in [-0.05, 0) is 29.5 Å². The first-order valence-corrected chi connectivity index (χ1v) is 8.32. The summed E-state index contributed by atoms with van der Waals surface area (Å²) in [4.78, 5) is 10.4. The first-order chi connectivity index (χ1) is 9.92. The molecule has 1 heterocycles. The maximum Gasteiger partial charge on any atom is 0.347 e. The van der Waals surface area contributed by atoms with E-state index in [1.807, 2.05) is 0 Å². The Morgan fingerprint density at radius 2 is 2.00 bits per heavy atom. The maximum absolute atomic E-state index is 13.4. The van der Waals surface area contributed by atoms with Crippen LogP contribution in [0.1, 0.15) is 15.2 Å². The average Bonchev–Trinajstić information content (AvgIpc) is 2.91. The predicted octanol–water partition coefficient (Wildman–Crippen LogP) is 2.11. The van der Waals surface area contributed by atoms with Gasteiger partial charge in [0.25, 0.3) is 0 Å². The lowest BCUT2D eigenvalue weighted by molar-refractivity contribution is 0.0698. The largest absolute Gasteiger partial charge is 0.477 e. The van der Waals surface area contributed by atoms with Crippen molar-refractivity contribution >= 4 is 27.3 Å². The highest BCUT2D eigenvalue weighted by atomic mass is 32.2. The number of halogens is 1. The first-order valence-electron chi connectivity index (χ1n) is 5.95. The summed E-state index contributed by atoms with van der Waals surface area (Å²) >= 11 is 0.838. The topological polar surface area (TPSA) is 83.5 Å². The highest BCUT2D eigenvalue weighted by Gasteiger charge is 2.23. The van der Waals surface area contributed by atoms with Gasteiger partial charge in [0.15, 0.2) is 0 Å². The van der Waals surface area contributed by atoms with Gasteiger partial charge in [0.2, 0.25) is 10.0 Å². The smallest absolute Gasteiger partial charge is 0.347 e. The van der Waals surface area contributed by atoms with Gasteiger partial charge in [0.05, 0.1) is 0 Å². The lowest BCUT2D eigenvalue weighted by Gasteiger charge is -2.07. The van der Waals surface area contributed by atoms with Crippen LogP contribution < -0.4 is 4.72 Å². The van der Waals surface area contributed by atoms with Crippen molar-refractivity contribution in [1.82, 2.24) is 4.72 Å². The van der Waals surface area contributed by atoms with Gasteiger partial charge in [0, 0.05) is 6.54 Å². The first kappa shape index (κ1) is 15.6. The molecular weight excluding hydrogens is 317 g/mol. The van der Waals surface area contributed by atoms with E-state index < -0.39 is 21.8 Å². The number of benzene rings is 1. The number of hydrogen-bond donors (Lipinski definition) is 2. The molecule has 0 amide bonds. The summed E-state index contributed by atoms with van der Waals surface area (Å²) in [6.07, 6.45) is 0.179. The molecule has 0 saturated heterocycles. The summed E-state index contributed by atoms with van der Waals surface area (Å²) in [6, 6.07) is 7.31. The minimum absolute atomic E-state index is 0.0157. The molecule has 2 N–H and O–H groups in total. The van der Waals surface area contributed by atoms with Crippen LogP contribution in [0.25, 0.3) is 0 Å². The van der Waals surface area contributed by atoms with Crippen LogP contribution in [-0.4, -0.2) is 26.0 Å². The summed E-state index contributed by atoms with van der Waals surface area (Å²) < 4.78 is 39.7. The maximum atomic E-state index is 13.4. The molecular formula is C13H12FNO4S2. The standard InChI is InChI=1S/C13H12FNO4S2/c14-10-4-2-1-3-9(10)5-7-15-21(18,19)11-6-8-20-12(11)13(16)17/h1-4,6,8,15H,5,7H2,(H,16,17). The van der Waals surface area contributed by atoms with Crippen LogP contribution in [0, 0.1) is 5.82 Å². The summed E-state index contributed by atoms with van der Waals surface area (Å²) in [7, 11) is -3.92. The van der Waals surface area contributed by atoms with Gasteiger partial charge in [-0.3, -0.25) is 0 Å². The van der Waals surface area contributed by atoms with Crippen molar-refractivity contribution in [3.05, 3.63) is 52.0 Å². The number of carboxylic acid groups (broad SMARTS) is 1. The van der Waals surface area contributed by atoms with Gasteiger partial charge in [-0.2, -0.15) is 0 Å². The van der Waals surface area contributed by atoms with E-state index in [0.29, 0.717) is 5.56 Å². The third kappa shape index (κ3) is 3.66. The van der Waals surface area contributed by atoms with Gasteiger partial charge in [-0.25, -0.2) is 22.3 Å². The van der Waals surface area contributed by atoms with E-state index >= 15 is 0 Å². The fourth-order valence-corrected chi connectivity index (χ4v) is 4.05. The average molecular weight is 329 g/mol. The Balaban J connectivity index is 2.07. The molecule has 1 aromatic carbocycles. The van der Waals surface area contributed by atoms with E-state index in [9.17, 15) is 17.6 Å². The second-order valence-corrected chi connectivity index (χ2v) is 6.81. The van der Waals surface area contributed by atoms with Crippen molar-refractivity contribution in [2.24, 2.45) is 0 Å². The fraction of sp³-hybridized carbons (Fsp3) is 0.154. The fourth-order valence-electron chi connectivity index (χ4n) is 1.76. The molecule has 0 aliphatic heterocycles. The van der Waals surface area contributed by atoms with E-state index in [1.165, 1.54) is 17.5 Å². The molecule has 21 heavy (non-hydrogen) atoms. The number of hydrogen-bond acceptors (Lipinski definition) is 4. The normalized spacial score (nSPS) is 11.5. The van der Waals surface area contributed by atoms with Crippen molar-refractivity contribution in [2.75, 3.05) is 6.54 Å². The zero-order valence-electron chi connectivity index (χ0n) is 10.7. The molecule has 0 fully saturated rings. The lowest BCUT2D eigenvalue weighted by Crippen LogP contribution is -2.27. The Morgan fingerprint density at radius 1 is 1.29 bits per heavy atom. The third-order valence-corrected chi connectivity index (χ3v) is 5.29. The highest BCUT2D eigenvalue weighted by molar-refractivity contribution is 7.89. The Morgan fingerprint density at radius 3 is 2.67 bits per heavy atom. The van der Waals surface area contributed by atoms with Crippen molar-refractivity contribution in [2.45, 2.75) is 11.3 Å². The molecule has 5 nitrogen and oxygen atoms in total. The van der Waals surface area contributed by atoms with E-state index in [4.69, 9.17) is 5.11 Å². The highest BCUT2D eigenvalue weighted by Crippen LogP contribution is 2.21. The van der Waals surface area contributed by atoms with Crippen molar-refractivity contribution in [1.29, 1.82) is 0 Å². The molecule has 0 radical (unpaired) electrons. The number of rotatable bonds is 6. The number of aromatic carboxylic acids is 1. The van der Waals surface area contributed by atoms with E-state index in [2.05, 4.69) is 4.72 Å². The van der Waals surface area contributed by atoms with Crippen LogP contribution in [0.5, 0.6) is 0 Å². The molecule has 0 aliphatic rings. The van der Waals surface area contributed by atoms with Crippen LogP contribution in [-0.2, 0) is 16.4 Å². The predicted molar refractivity (Wildman–Crippen MR) is 76.6 cm³/mol. The molecule has 0 spiro atoms. The second kappa shape index (κ2) is 6.33. The summed E-state index contributed by atoms with van der Waals surface area (Å²) in [6.45, 7) is -0.0157. The van der Waals surface area contributed by atoms with Gasteiger partial charge in [-0.15, -0.1) is 11.3 Å². The Kier molecular flexibility index (Phi) is 4.71. The molecule has 0 saturated carbocycles. The number of thiophene rings is 1. The summed E-state index contributed by atoms with van der Waals surface area (Å²) in [5, 5.41) is 10.3. The summed E-state index contributed by atoms with van der Waals surface area (Å²) in [5.41, 5.74) is 0.393. The van der Waals surface area contributed by atoms with Gasteiger partial charge in [0.1, 0.15) is 15.6 Å². The number of nitrogens with one attached hydrogen (secondary N) is 1. The quantitative estimate of drug-likeness (QED) is 0.850. The minimum atomic E-state index is -3.92. The van der Waals surface area contributed by atoms with Crippen LogP contribution in [0.4, 0.5) is 4.39 Å². The molecule has 8 heteroatoms. The molecule has 0 aliphatic carbocycles. The molecule has 0 bridgehead atoms. The van der Waals surface area contributed by atoms with E-state index in [1.54, 1.807) is 18.2 Å². The zero-order chi connectivity index (χ0) is 15.5. The molecule has 1 aromatic heterocycles. The molecule has 0 unspecified atom stereocenters. The Labute approximate surface area is 125 Å². The number of sulfonamides is 1. The zero-order valence-corrected chi connectivity index (χ0v) is 12.4. The van der Waals surface area contributed by atoms with Gasteiger partial charge >= 0.3 is 5.97 Å². The molecule has 2 rings (SSSR count). The molecule has 112 valence electrons. The van der Waals surface area contributed by atoms with Crippen LogP contribution in [0.3, 0.4) is 0 Å². The van der Waals surface area contributed by atoms with Crippen LogP contribution in [0.15, 0.2) is 40.6 Å². The number of carbonyl (C=O) groups is 1. The van der Waals surface area contributed by atoms with E-state index in [-0.39, 0.29) is 22.7 Å². The van der Waals surface area contributed by atoms with Crippen molar-refractivity contribution < 1.29 is 22.7 Å². The van der Waals surface area contributed by atoms with Crippen molar-refractivity contribution in [3.63, 3.8) is 0 Å². The minimum Gasteiger partial charge on any atom is -0.477 e. The SMILES string of the molecule is O=C(O)c1sccc1S(=O)(=O)NCCc1ccccc1F. The Hall–Kier alpha value is -1.77. The van der Waals surface area contributed by atoms with Gasteiger partial charge < -0.3 is 5.11 Å². The molecule has 2 aromatic rings. The molecule has 0 atom stereocenters. The van der Waals surface area contributed by atoms with Crippen LogP contribution >= 0.6 is 11.3 Å². The Bertz CT molecular complexity index is 755. The van der Waals surface area contributed by atoms with Gasteiger partial charge in [-0.1, -0.05) is 18.2 Å². The van der Waals surface area contributed by atoms with E-state index in [0.717, 1.165) is 11.3 Å². The number of carboxylic acids is 1. The monoisotopic (exact) mass is 329 g/mol. The van der Waals surface area contributed by atoms with Crippen LogP contribution in [0.2, 0.25) is 0 Å². The van der Waals surface area contributed by atoms with Crippen molar-refractivity contribution in [3.8, 4) is 0 Å². The lowest BCUT2D eigenvalue weighted by atomic mass is 10.1. The second-order valence-electron chi connectivity index (χ2n) is 4.16. The summed E-state index contributed by atoms with van der Waals surface area (Å²) in [5.74, 6) is -1.70. The third-order valence-electron chi connectivity index (χ3n) is 2.76.